The minimum atomic E-state index is -0.512. The Hall–Kier alpha value is -3.09. The molecule has 0 aromatic heterocycles. The Labute approximate surface area is 132 Å². The fourth-order valence-corrected chi connectivity index (χ4v) is 2.14. The van der Waals surface area contributed by atoms with E-state index in [4.69, 9.17) is 0 Å². The van der Waals surface area contributed by atoms with Gasteiger partial charge in [0.2, 0.25) is 5.91 Å². The maximum absolute atomic E-state index is 11.9. The van der Waals surface area contributed by atoms with Gasteiger partial charge in [-0.1, -0.05) is 24.3 Å². The fraction of sp³-hybridized carbons (Fsp3) is 0.188. The van der Waals surface area contributed by atoms with Crippen molar-refractivity contribution in [2.24, 2.45) is 0 Å². The number of rotatable bonds is 6. The van der Waals surface area contributed by atoms with Crippen LogP contribution >= 0.6 is 0 Å². The van der Waals surface area contributed by atoms with Gasteiger partial charge in [-0.2, -0.15) is 0 Å². The zero-order chi connectivity index (χ0) is 16.8. The third-order valence-electron chi connectivity index (χ3n) is 3.31. The van der Waals surface area contributed by atoms with Crippen molar-refractivity contribution in [3.8, 4) is 11.5 Å². The zero-order valence-electron chi connectivity index (χ0n) is 12.2. The molecule has 0 fully saturated rings. The van der Waals surface area contributed by atoms with Crippen LogP contribution in [-0.2, 0) is 17.6 Å². The number of carbonyl (C=O) groups excluding carboxylic acids is 1. The van der Waals surface area contributed by atoms with Gasteiger partial charge in [0.1, 0.15) is 0 Å². The molecule has 0 unspecified atom stereocenters. The summed E-state index contributed by atoms with van der Waals surface area (Å²) < 4.78 is 0. The predicted molar refractivity (Wildman–Crippen MR) is 83.3 cm³/mol. The first-order valence-corrected chi connectivity index (χ1v) is 6.97. The number of carbonyl (C=O) groups is 1. The highest BCUT2D eigenvalue weighted by molar-refractivity contribution is 5.79. The maximum Gasteiger partial charge on any atom is 0.273 e. The van der Waals surface area contributed by atoms with E-state index in [9.17, 15) is 25.1 Å². The Morgan fingerprint density at radius 1 is 1.13 bits per heavy atom. The monoisotopic (exact) mass is 316 g/mol. The molecule has 3 N–H and O–H groups in total. The lowest BCUT2D eigenvalue weighted by molar-refractivity contribution is -0.385. The van der Waals surface area contributed by atoms with E-state index >= 15 is 0 Å². The summed E-state index contributed by atoms with van der Waals surface area (Å²) >= 11 is 0. The molecule has 7 heteroatoms. The molecule has 0 atom stereocenters. The second-order valence-corrected chi connectivity index (χ2v) is 4.99. The van der Waals surface area contributed by atoms with Crippen LogP contribution < -0.4 is 5.32 Å². The molecular weight excluding hydrogens is 300 g/mol. The normalized spacial score (nSPS) is 10.3. The summed E-state index contributed by atoms with van der Waals surface area (Å²) in [5.41, 5.74) is 1.04. The number of aromatic hydroxyl groups is 2. The number of nitro groups is 1. The van der Waals surface area contributed by atoms with Crippen LogP contribution in [-0.4, -0.2) is 27.6 Å². The van der Waals surface area contributed by atoms with Gasteiger partial charge in [-0.15, -0.1) is 0 Å². The average Bonchev–Trinajstić information content (AvgIpc) is 2.51. The molecule has 0 saturated carbocycles. The molecule has 120 valence electrons. The first kappa shape index (κ1) is 16.3. The molecular formula is C16H16N2O5. The third-order valence-corrected chi connectivity index (χ3v) is 3.31. The van der Waals surface area contributed by atoms with Crippen molar-refractivity contribution in [1.29, 1.82) is 0 Å². The minimum Gasteiger partial charge on any atom is -0.504 e. The van der Waals surface area contributed by atoms with Gasteiger partial charge in [0.15, 0.2) is 11.5 Å². The molecule has 1 amide bonds. The van der Waals surface area contributed by atoms with Crippen molar-refractivity contribution in [3.05, 3.63) is 63.7 Å². The molecule has 0 radical (unpaired) electrons. The van der Waals surface area contributed by atoms with Crippen LogP contribution in [0.25, 0.3) is 0 Å². The van der Waals surface area contributed by atoms with Gasteiger partial charge in [0, 0.05) is 18.2 Å². The molecule has 0 aliphatic carbocycles. The number of nitrogens with one attached hydrogen (secondary N) is 1. The fourth-order valence-electron chi connectivity index (χ4n) is 2.14. The number of nitrogens with zero attached hydrogens (tertiary/aromatic N) is 1. The molecule has 0 aliphatic heterocycles. The Morgan fingerprint density at radius 3 is 2.57 bits per heavy atom. The van der Waals surface area contributed by atoms with E-state index in [-0.39, 0.29) is 29.5 Å². The smallest absolute Gasteiger partial charge is 0.273 e. The number of phenolic OH excluding ortho intramolecular Hbond substituents is 2. The lowest BCUT2D eigenvalue weighted by atomic mass is 10.1. The number of nitro benzene ring substituents is 1. The molecule has 2 aromatic carbocycles. The van der Waals surface area contributed by atoms with Gasteiger partial charge >= 0.3 is 0 Å². The molecule has 0 bridgehead atoms. The quantitative estimate of drug-likeness (QED) is 0.428. The molecule has 0 saturated heterocycles. The topological polar surface area (TPSA) is 113 Å². The summed E-state index contributed by atoms with van der Waals surface area (Å²) in [6.45, 7) is 0.323. The number of phenols is 2. The van der Waals surface area contributed by atoms with Crippen molar-refractivity contribution in [3.63, 3.8) is 0 Å². The number of hydrogen-bond acceptors (Lipinski definition) is 5. The van der Waals surface area contributed by atoms with Gasteiger partial charge in [0.25, 0.3) is 5.69 Å². The highest BCUT2D eigenvalue weighted by Gasteiger charge is 2.15. The van der Waals surface area contributed by atoms with E-state index in [2.05, 4.69) is 5.32 Å². The molecule has 0 spiro atoms. The number of hydrogen-bond donors (Lipinski definition) is 3. The standard InChI is InChI=1S/C16H16N2O5/c19-14-6-5-11(9-15(14)20)7-8-17-16(21)10-12-3-1-2-4-13(12)18(22)23/h1-6,9,19-20H,7-8,10H2,(H,17,21). The van der Waals surface area contributed by atoms with E-state index in [0.717, 1.165) is 5.56 Å². The molecule has 2 rings (SSSR count). The second-order valence-electron chi connectivity index (χ2n) is 4.99. The van der Waals surface area contributed by atoms with Crippen molar-refractivity contribution >= 4 is 11.6 Å². The van der Waals surface area contributed by atoms with E-state index in [1.165, 1.54) is 18.2 Å². The lowest BCUT2D eigenvalue weighted by Crippen LogP contribution is -2.27. The van der Waals surface area contributed by atoms with E-state index in [1.807, 2.05) is 0 Å². The lowest BCUT2D eigenvalue weighted by Gasteiger charge is -2.07. The Bertz CT molecular complexity index is 730. The minimum absolute atomic E-state index is 0.0714. The Kier molecular flexibility index (Phi) is 5.14. The zero-order valence-corrected chi connectivity index (χ0v) is 12.2. The summed E-state index contributed by atoms with van der Waals surface area (Å²) in [6, 6.07) is 10.6. The average molecular weight is 316 g/mol. The Morgan fingerprint density at radius 2 is 1.87 bits per heavy atom. The summed E-state index contributed by atoms with van der Waals surface area (Å²) in [6.07, 6.45) is 0.397. The summed E-state index contributed by atoms with van der Waals surface area (Å²) in [5, 5.41) is 32.2. The predicted octanol–water partition coefficient (Wildman–Crippen LogP) is 1.91. The van der Waals surface area contributed by atoms with Gasteiger partial charge in [-0.25, -0.2) is 0 Å². The molecule has 0 aliphatic rings. The van der Waals surface area contributed by atoms with Crippen molar-refractivity contribution in [2.75, 3.05) is 6.54 Å². The highest BCUT2D eigenvalue weighted by atomic mass is 16.6. The van der Waals surface area contributed by atoms with Gasteiger partial charge in [-0.3, -0.25) is 14.9 Å². The van der Waals surface area contributed by atoms with E-state index < -0.39 is 4.92 Å². The van der Waals surface area contributed by atoms with Crippen molar-refractivity contribution in [1.82, 2.24) is 5.32 Å². The largest absolute Gasteiger partial charge is 0.504 e. The number of para-hydroxylation sites is 1. The van der Waals surface area contributed by atoms with E-state index in [0.29, 0.717) is 18.5 Å². The van der Waals surface area contributed by atoms with Gasteiger partial charge in [-0.05, 0) is 24.1 Å². The first-order valence-electron chi connectivity index (χ1n) is 6.97. The third kappa shape index (κ3) is 4.44. The van der Waals surface area contributed by atoms with E-state index in [1.54, 1.807) is 24.3 Å². The number of amides is 1. The van der Waals surface area contributed by atoms with Crippen LogP contribution in [0, 0.1) is 10.1 Å². The SMILES string of the molecule is O=C(Cc1ccccc1[N+](=O)[O-])NCCc1ccc(O)c(O)c1. The summed E-state index contributed by atoms with van der Waals surface area (Å²) in [7, 11) is 0. The second kappa shape index (κ2) is 7.26. The molecule has 23 heavy (non-hydrogen) atoms. The maximum atomic E-state index is 11.9. The van der Waals surface area contributed by atoms with Crippen molar-refractivity contribution in [2.45, 2.75) is 12.8 Å². The van der Waals surface area contributed by atoms with Gasteiger partial charge < -0.3 is 15.5 Å². The molecule has 7 nitrogen and oxygen atoms in total. The van der Waals surface area contributed by atoms with Gasteiger partial charge in [0.05, 0.1) is 11.3 Å². The molecule has 0 heterocycles. The first-order chi connectivity index (χ1) is 11.0. The highest BCUT2D eigenvalue weighted by Crippen LogP contribution is 2.24. The van der Waals surface area contributed by atoms with Crippen LogP contribution in [0.2, 0.25) is 0 Å². The number of benzene rings is 2. The van der Waals surface area contributed by atoms with Crippen LogP contribution in [0.5, 0.6) is 11.5 Å². The van der Waals surface area contributed by atoms with Crippen LogP contribution in [0.15, 0.2) is 42.5 Å². The molecule has 2 aromatic rings. The van der Waals surface area contributed by atoms with Crippen molar-refractivity contribution < 1.29 is 19.9 Å². The summed E-state index contributed by atoms with van der Waals surface area (Å²) in [4.78, 5) is 22.3. The van der Waals surface area contributed by atoms with Crippen LogP contribution in [0.1, 0.15) is 11.1 Å². The summed E-state index contributed by atoms with van der Waals surface area (Å²) in [5.74, 6) is -0.731. The van der Waals surface area contributed by atoms with Crippen LogP contribution in [0.3, 0.4) is 0 Å². The Balaban J connectivity index is 1.88. The van der Waals surface area contributed by atoms with Crippen LogP contribution in [0.4, 0.5) is 5.69 Å².